The fourth-order valence-corrected chi connectivity index (χ4v) is 2.79. The van der Waals surface area contributed by atoms with E-state index in [1.807, 2.05) is 6.07 Å². The van der Waals surface area contributed by atoms with E-state index in [9.17, 15) is 18.0 Å². The average molecular weight is 403 g/mol. The molecule has 1 aliphatic rings. The Labute approximate surface area is 164 Å². The summed E-state index contributed by atoms with van der Waals surface area (Å²) in [5.74, 6) is -4.81. The van der Waals surface area contributed by atoms with E-state index in [0.717, 1.165) is 12.1 Å². The number of nitriles is 1. The molecule has 7 nitrogen and oxygen atoms in total. The zero-order chi connectivity index (χ0) is 21.0. The maximum atomic E-state index is 14.6. The quantitative estimate of drug-likeness (QED) is 0.797. The van der Waals surface area contributed by atoms with E-state index < -0.39 is 30.1 Å². The van der Waals surface area contributed by atoms with Crippen molar-refractivity contribution >= 4 is 17.6 Å². The lowest BCUT2D eigenvalue weighted by Crippen LogP contribution is -2.40. The Hall–Kier alpha value is -3.61. The van der Waals surface area contributed by atoms with E-state index in [-0.39, 0.29) is 41.6 Å². The molecule has 10 heteroatoms. The summed E-state index contributed by atoms with van der Waals surface area (Å²) in [6.45, 7) is 0.00571. The Kier molecular flexibility index (Phi) is 5.68. The van der Waals surface area contributed by atoms with Crippen LogP contribution in [0.25, 0.3) is 0 Å². The number of nitrogens with zero attached hydrogens (tertiary/aromatic N) is 3. The van der Waals surface area contributed by atoms with Gasteiger partial charge in [0.1, 0.15) is 23.6 Å². The molecule has 1 aromatic heterocycles. The number of halogens is 3. The first-order valence-corrected chi connectivity index (χ1v) is 8.58. The SMILES string of the molecule is N#Cc1ccc(C(=O)Nc2ccc(F)c(CC(F)(F)[C@H]3CCOC(N)=N3)c2)nc1. The summed E-state index contributed by atoms with van der Waals surface area (Å²) < 4.78 is 48.1. The van der Waals surface area contributed by atoms with Crippen molar-refractivity contribution in [1.29, 1.82) is 5.26 Å². The number of pyridine rings is 1. The van der Waals surface area contributed by atoms with Crippen LogP contribution in [0.15, 0.2) is 41.5 Å². The predicted octanol–water partition coefficient (Wildman–Crippen LogP) is 2.63. The minimum Gasteiger partial charge on any atom is -0.465 e. The molecule has 2 heterocycles. The van der Waals surface area contributed by atoms with Crippen molar-refractivity contribution in [2.75, 3.05) is 11.9 Å². The molecule has 0 saturated carbocycles. The van der Waals surface area contributed by atoms with Crippen molar-refractivity contribution in [3.8, 4) is 6.07 Å². The van der Waals surface area contributed by atoms with E-state index in [2.05, 4.69) is 15.3 Å². The van der Waals surface area contributed by atoms with Crippen LogP contribution in [0.3, 0.4) is 0 Å². The molecule has 0 unspecified atom stereocenters. The molecular weight excluding hydrogens is 387 g/mol. The van der Waals surface area contributed by atoms with E-state index >= 15 is 0 Å². The van der Waals surface area contributed by atoms with E-state index in [1.54, 1.807) is 0 Å². The van der Waals surface area contributed by atoms with Crippen molar-refractivity contribution in [3.63, 3.8) is 0 Å². The molecule has 1 aliphatic heterocycles. The van der Waals surface area contributed by atoms with Gasteiger partial charge in [-0.3, -0.25) is 4.79 Å². The monoisotopic (exact) mass is 403 g/mol. The second kappa shape index (κ2) is 8.18. The summed E-state index contributed by atoms with van der Waals surface area (Å²) in [6, 6.07) is 6.28. The van der Waals surface area contributed by atoms with Crippen molar-refractivity contribution in [2.24, 2.45) is 10.7 Å². The Morgan fingerprint density at radius 3 is 2.83 bits per heavy atom. The van der Waals surface area contributed by atoms with Crippen molar-refractivity contribution in [1.82, 2.24) is 4.98 Å². The third-order valence-corrected chi connectivity index (χ3v) is 4.27. The average Bonchev–Trinajstić information content (AvgIpc) is 2.70. The predicted molar refractivity (Wildman–Crippen MR) is 97.9 cm³/mol. The molecule has 29 heavy (non-hydrogen) atoms. The van der Waals surface area contributed by atoms with Crippen LogP contribution >= 0.6 is 0 Å². The van der Waals surface area contributed by atoms with Gasteiger partial charge >= 0.3 is 0 Å². The number of nitrogens with one attached hydrogen (secondary N) is 1. The van der Waals surface area contributed by atoms with Gasteiger partial charge in [0.25, 0.3) is 17.9 Å². The zero-order valence-electron chi connectivity index (χ0n) is 15.0. The molecule has 1 atom stereocenters. The fourth-order valence-electron chi connectivity index (χ4n) is 2.79. The lowest BCUT2D eigenvalue weighted by atomic mass is 9.98. The summed E-state index contributed by atoms with van der Waals surface area (Å²) in [4.78, 5) is 19.7. The first kappa shape index (κ1) is 20.1. The molecule has 2 aromatic rings. The molecule has 3 N–H and O–H groups in total. The fraction of sp³-hybridized carbons (Fsp3) is 0.263. The molecule has 0 radical (unpaired) electrons. The lowest BCUT2D eigenvalue weighted by molar-refractivity contribution is -0.0350. The van der Waals surface area contributed by atoms with Crippen LogP contribution in [0.2, 0.25) is 0 Å². The third-order valence-electron chi connectivity index (χ3n) is 4.27. The molecule has 0 fully saturated rings. The molecule has 150 valence electrons. The number of rotatable bonds is 5. The maximum absolute atomic E-state index is 14.6. The highest BCUT2D eigenvalue weighted by Gasteiger charge is 2.41. The van der Waals surface area contributed by atoms with E-state index in [1.165, 1.54) is 24.4 Å². The number of hydrogen-bond donors (Lipinski definition) is 2. The molecule has 0 bridgehead atoms. The summed E-state index contributed by atoms with van der Waals surface area (Å²) in [6.07, 6.45) is 0.265. The van der Waals surface area contributed by atoms with Gasteiger partial charge in [-0.25, -0.2) is 23.1 Å². The molecule has 1 aromatic carbocycles. The molecule has 1 amide bonds. The number of anilines is 1. The second-order valence-electron chi connectivity index (χ2n) is 6.36. The first-order chi connectivity index (χ1) is 13.8. The van der Waals surface area contributed by atoms with Crippen LogP contribution in [0.1, 0.15) is 28.0 Å². The number of ether oxygens (including phenoxy) is 1. The number of alkyl halides is 2. The van der Waals surface area contributed by atoms with Gasteiger partial charge in [0.05, 0.1) is 12.2 Å². The normalized spacial score (nSPS) is 16.3. The summed E-state index contributed by atoms with van der Waals surface area (Å²) in [7, 11) is 0. The molecule has 0 aliphatic carbocycles. The number of aromatic nitrogens is 1. The topological polar surface area (TPSA) is 113 Å². The van der Waals surface area contributed by atoms with Crippen LogP contribution in [-0.4, -0.2) is 35.5 Å². The van der Waals surface area contributed by atoms with Crippen molar-refractivity contribution in [2.45, 2.75) is 24.8 Å². The zero-order valence-corrected chi connectivity index (χ0v) is 15.0. The van der Waals surface area contributed by atoms with E-state index in [4.69, 9.17) is 15.7 Å². The standard InChI is InChI=1S/C19H16F3N5O2/c20-14-3-2-13(26-17(28)15-4-1-11(9-23)10-25-15)7-12(14)8-19(21,22)16-5-6-29-18(24)27-16/h1-4,7,10,16H,5-6,8H2,(H2,24,27)(H,26,28)/t16-/m1/s1. The van der Waals surface area contributed by atoms with Gasteiger partial charge in [0.2, 0.25) is 0 Å². The van der Waals surface area contributed by atoms with Gasteiger partial charge in [-0.2, -0.15) is 5.26 Å². The third kappa shape index (κ3) is 4.82. The minimum absolute atomic E-state index is 0.00571. The number of hydrogen-bond acceptors (Lipinski definition) is 6. The molecule has 3 rings (SSSR count). The highest BCUT2D eigenvalue weighted by Crippen LogP contribution is 2.31. The van der Waals surface area contributed by atoms with Gasteiger partial charge in [-0.1, -0.05) is 0 Å². The molecule has 0 saturated heterocycles. The molecular formula is C19H16F3N5O2. The smallest absolute Gasteiger partial charge is 0.282 e. The van der Waals surface area contributed by atoms with Crippen molar-refractivity contribution in [3.05, 3.63) is 59.2 Å². The number of benzene rings is 1. The van der Waals surface area contributed by atoms with Crippen LogP contribution in [-0.2, 0) is 11.2 Å². The number of amides is 1. The summed E-state index contributed by atoms with van der Waals surface area (Å²) in [5, 5.41) is 11.2. The van der Waals surface area contributed by atoms with Gasteiger partial charge in [0.15, 0.2) is 0 Å². The van der Waals surface area contributed by atoms with E-state index in [0.29, 0.717) is 0 Å². The second-order valence-corrected chi connectivity index (χ2v) is 6.36. The Balaban J connectivity index is 1.76. The highest BCUT2D eigenvalue weighted by molar-refractivity contribution is 6.02. The van der Waals surface area contributed by atoms with Gasteiger partial charge in [-0.05, 0) is 35.9 Å². The van der Waals surface area contributed by atoms with Crippen LogP contribution in [0.4, 0.5) is 18.9 Å². The number of amidine groups is 1. The number of carbonyl (C=O) groups is 1. The lowest BCUT2D eigenvalue weighted by Gasteiger charge is -2.27. The largest absolute Gasteiger partial charge is 0.465 e. The molecule has 0 spiro atoms. The van der Waals surface area contributed by atoms with Crippen molar-refractivity contribution < 1.29 is 22.7 Å². The first-order valence-electron chi connectivity index (χ1n) is 8.58. The summed E-state index contributed by atoms with van der Waals surface area (Å²) in [5.41, 5.74) is 5.50. The Bertz CT molecular complexity index is 986. The van der Waals surface area contributed by atoms with Crippen LogP contribution in [0.5, 0.6) is 0 Å². The highest BCUT2D eigenvalue weighted by atomic mass is 19.3. The van der Waals surface area contributed by atoms with Gasteiger partial charge in [-0.15, -0.1) is 0 Å². The Morgan fingerprint density at radius 2 is 2.17 bits per heavy atom. The van der Waals surface area contributed by atoms with Crippen LogP contribution in [0, 0.1) is 17.1 Å². The summed E-state index contributed by atoms with van der Waals surface area (Å²) >= 11 is 0. The number of aliphatic imine (C=N–C) groups is 1. The van der Waals surface area contributed by atoms with Gasteiger partial charge < -0.3 is 15.8 Å². The maximum Gasteiger partial charge on any atom is 0.282 e. The number of carbonyl (C=O) groups excluding carboxylic acids is 1. The Morgan fingerprint density at radius 1 is 1.38 bits per heavy atom. The van der Waals surface area contributed by atoms with Gasteiger partial charge in [0, 0.05) is 24.7 Å². The minimum atomic E-state index is -3.35. The number of nitrogens with two attached hydrogens (primary N) is 1. The van der Waals surface area contributed by atoms with Crippen LogP contribution < -0.4 is 11.1 Å².